The molecule has 0 N–H and O–H groups in total. The van der Waals surface area contributed by atoms with Gasteiger partial charge in [0, 0.05) is 17.1 Å². The van der Waals surface area contributed by atoms with Gasteiger partial charge in [0.2, 0.25) is 0 Å². The van der Waals surface area contributed by atoms with Gasteiger partial charge in [0.05, 0.1) is 5.69 Å². The molecule has 128 valence electrons. The van der Waals surface area contributed by atoms with E-state index in [1.165, 1.54) is 27.5 Å². The van der Waals surface area contributed by atoms with E-state index >= 15 is 0 Å². The van der Waals surface area contributed by atoms with E-state index in [4.69, 9.17) is 4.98 Å². The maximum Gasteiger partial charge on any atom is 0.0708 e. The van der Waals surface area contributed by atoms with Gasteiger partial charge < -0.3 is 0 Å². The third-order valence-electron chi connectivity index (χ3n) is 7.40. The van der Waals surface area contributed by atoms with Crippen LogP contribution in [-0.2, 0) is 10.8 Å². The van der Waals surface area contributed by atoms with Crippen molar-refractivity contribution in [1.82, 2.24) is 4.98 Å². The summed E-state index contributed by atoms with van der Waals surface area (Å²) >= 11 is 0. The van der Waals surface area contributed by atoms with Crippen molar-refractivity contribution in [1.29, 1.82) is 0 Å². The average molecular weight is 329 g/mol. The fourth-order valence-corrected chi connectivity index (χ4v) is 4.45. The lowest BCUT2D eigenvalue weighted by molar-refractivity contribution is 0.125. The second-order valence-corrected chi connectivity index (χ2v) is 9.06. The number of fused-ring (bicyclic) bond motifs is 2. The van der Waals surface area contributed by atoms with Gasteiger partial charge in [0.25, 0.3) is 0 Å². The Labute approximate surface area is 151 Å². The first-order chi connectivity index (χ1) is 11.7. The van der Waals surface area contributed by atoms with Crippen LogP contribution < -0.4 is 0 Å². The topological polar surface area (TPSA) is 12.9 Å². The largest absolute Gasteiger partial charge is 0.256 e. The Morgan fingerprint density at radius 2 is 1.24 bits per heavy atom. The fourth-order valence-electron chi connectivity index (χ4n) is 4.45. The number of pyridine rings is 1. The van der Waals surface area contributed by atoms with Crippen LogP contribution in [-0.4, -0.2) is 4.98 Å². The molecule has 0 bridgehead atoms. The molecule has 1 aromatic heterocycles. The molecule has 1 aliphatic rings. The van der Waals surface area contributed by atoms with Crippen molar-refractivity contribution in [2.75, 3.05) is 0 Å². The van der Waals surface area contributed by atoms with Gasteiger partial charge in [-0.25, -0.2) is 0 Å². The van der Waals surface area contributed by atoms with Crippen LogP contribution in [0, 0.1) is 5.41 Å². The Balaban J connectivity index is 1.96. The van der Waals surface area contributed by atoms with Gasteiger partial charge >= 0.3 is 0 Å². The number of benzene rings is 2. The van der Waals surface area contributed by atoms with Gasteiger partial charge in [-0.3, -0.25) is 4.98 Å². The molecule has 0 aliphatic heterocycles. The highest BCUT2D eigenvalue weighted by Crippen LogP contribution is 2.61. The summed E-state index contributed by atoms with van der Waals surface area (Å²) in [6.45, 7) is 14.4. The zero-order valence-electron chi connectivity index (χ0n) is 16.1. The number of hydrogen-bond acceptors (Lipinski definition) is 1. The van der Waals surface area contributed by atoms with Crippen molar-refractivity contribution in [3.63, 3.8) is 0 Å². The molecule has 0 amide bonds. The highest BCUT2D eigenvalue weighted by molar-refractivity contribution is 5.87. The van der Waals surface area contributed by atoms with Gasteiger partial charge in [-0.15, -0.1) is 0 Å². The van der Waals surface area contributed by atoms with E-state index in [1.807, 2.05) is 12.3 Å². The van der Waals surface area contributed by atoms with Crippen molar-refractivity contribution >= 4 is 10.8 Å². The summed E-state index contributed by atoms with van der Waals surface area (Å²) in [5.41, 5.74) is 5.64. The predicted octanol–water partition coefficient (Wildman–Crippen LogP) is 6.50. The molecule has 25 heavy (non-hydrogen) atoms. The normalized spacial score (nSPS) is 19.8. The zero-order valence-corrected chi connectivity index (χ0v) is 16.1. The lowest BCUT2D eigenvalue weighted by Crippen LogP contribution is -2.42. The minimum absolute atomic E-state index is 0.135. The van der Waals surface area contributed by atoms with Gasteiger partial charge in [-0.1, -0.05) is 77.9 Å². The molecule has 3 aromatic rings. The highest BCUT2D eigenvalue weighted by atomic mass is 14.7. The first-order valence-electron chi connectivity index (χ1n) is 9.16. The van der Waals surface area contributed by atoms with Crippen LogP contribution >= 0.6 is 0 Å². The summed E-state index contributed by atoms with van der Waals surface area (Å²) in [6, 6.07) is 17.5. The van der Waals surface area contributed by atoms with Crippen molar-refractivity contribution in [3.8, 4) is 11.3 Å². The molecule has 0 saturated heterocycles. The van der Waals surface area contributed by atoms with E-state index in [0.29, 0.717) is 0 Å². The van der Waals surface area contributed by atoms with Crippen LogP contribution in [0.25, 0.3) is 22.0 Å². The third-order valence-corrected chi connectivity index (χ3v) is 7.40. The molecule has 2 aromatic carbocycles. The Morgan fingerprint density at radius 1 is 0.680 bits per heavy atom. The van der Waals surface area contributed by atoms with Crippen LogP contribution in [0.2, 0.25) is 0 Å². The molecule has 0 saturated carbocycles. The average Bonchev–Trinajstić information content (AvgIpc) is 2.69. The summed E-state index contributed by atoms with van der Waals surface area (Å²) in [4.78, 5) is 4.72. The van der Waals surface area contributed by atoms with Crippen LogP contribution in [0.15, 0.2) is 54.7 Å². The van der Waals surface area contributed by atoms with Crippen molar-refractivity contribution < 1.29 is 0 Å². The molecule has 1 heterocycles. The molecule has 0 spiro atoms. The second kappa shape index (κ2) is 4.94. The molecule has 0 fully saturated rings. The standard InChI is InChI=1S/C24H27N/c1-22(2)19-12-17-14-21(16-10-8-7-9-11-16)25-15-18(17)13-20(19)23(3,4)24(22,5)6/h7-15H,1-6H3. The van der Waals surface area contributed by atoms with E-state index in [0.717, 1.165) is 5.69 Å². The predicted molar refractivity (Wildman–Crippen MR) is 107 cm³/mol. The molecule has 0 atom stereocenters. The van der Waals surface area contributed by atoms with Crippen LogP contribution in [0.4, 0.5) is 0 Å². The lowest BCUT2D eigenvalue weighted by atomic mass is 9.59. The summed E-state index contributed by atoms with van der Waals surface area (Å²) in [6.07, 6.45) is 2.03. The van der Waals surface area contributed by atoms with Crippen LogP contribution in [0.3, 0.4) is 0 Å². The summed E-state index contributed by atoms with van der Waals surface area (Å²) < 4.78 is 0. The SMILES string of the molecule is CC1(C)c2cc3cnc(-c4ccccc4)cc3cc2C(C)(C)C1(C)C. The van der Waals surface area contributed by atoms with Crippen molar-refractivity contribution in [2.45, 2.75) is 52.4 Å². The zero-order chi connectivity index (χ0) is 18.0. The Bertz CT molecular complexity index is 962. The van der Waals surface area contributed by atoms with Crippen LogP contribution in [0.1, 0.15) is 52.7 Å². The molecule has 4 rings (SSSR count). The molecule has 1 nitrogen and oxygen atoms in total. The number of rotatable bonds is 1. The van der Waals surface area contributed by atoms with Crippen molar-refractivity contribution in [3.05, 3.63) is 65.9 Å². The van der Waals surface area contributed by atoms with E-state index in [-0.39, 0.29) is 16.2 Å². The molecular weight excluding hydrogens is 302 g/mol. The first kappa shape index (κ1) is 16.3. The molecular formula is C24H27N. The minimum Gasteiger partial charge on any atom is -0.256 e. The maximum absolute atomic E-state index is 4.72. The van der Waals surface area contributed by atoms with Gasteiger partial charge in [-0.2, -0.15) is 0 Å². The number of hydrogen-bond donors (Lipinski definition) is 0. The Kier molecular flexibility index (Phi) is 3.23. The summed E-state index contributed by atoms with van der Waals surface area (Å²) in [5, 5.41) is 2.52. The monoisotopic (exact) mass is 329 g/mol. The molecule has 1 aliphatic carbocycles. The molecule has 0 radical (unpaired) electrons. The number of aromatic nitrogens is 1. The van der Waals surface area contributed by atoms with E-state index in [1.54, 1.807) is 0 Å². The van der Waals surface area contributed by atoms with Gasteiger partial charge in [0.1, 0.15) is 0 Å². The minimum atomic E-state index is 0.135. The quantitative estimate of drug-likeness (QED) is 0.497. The first-order valence-corrected chi connectivity index (χ1v) is 9.16. The number of nitrogens with zero attached hydrogens (tertiary/aromatic N) is 1. The fraction of sp³-hybridized carbons (Fsp3) is 0.375. The van der Waals surface area contributed by atoms with E-state index in [2.05, 4.69) is 84.0 Å². The van der Waals surface area contributed by atoms with Crippen molar-refractivity contribution in [2.24, 2.45) is 5.41 Å². The molecule has 1 heteroatoms. The van der Waals surface area contributed by atoms with Gasteiger partial charge in [0.15, 0.2) is 0 Å². The Morgan fingerprint density at radius 3 is 1.84 bits per heavy atom. The van der Waals surface area contributed by atoms with E-state index in [9.17, 15) is 0 Å². The third kappa shape index (κ3) is 2.05. The second-order valence-electron chi connectivity index (χ2n) is 9.06. The lowest BCUT2D eigenvalue weighted by Gasteiger charge is -2.44. The Hall–Kier alpha value is -2.15. The summed E-state index contributed by atoms with van der Waals surface area (Å²) in [7, 11) is 0. The van der Waals surface area contributed by atoms with Gasteiger partial charge in [-0.05, 0) is 44.9 Å². The smallest absolute Gasteiger partial charge is 0.0708 e. The van der Waals surface area contributed by atoms with E-state index < -0.39 is 0 Å². The van der Waals surface area contributed by atoms with Crippen LogP contribution in [0.5, 0.6) is 0 Å². The molecule has 0 unspecified atom stereocenters. The summed E-state index contributed by atoms with van der Waals surface area (Å²) in [5.74, 6) is 0. The maximum atomic E-state index is 4.72. The highest BCUT2D eigenvalue weighted by Gasteiger charge is 2.56.